The number of furan rings is 1. The van der Waals surface area contributed by atoms with Crippen molar-refractivity contribution in [3.05, 3.63) is 41.9 Å². The van der Waals surface area contributed by atoms with E-state index in [2.05, 4.69) is 10.1 Å². The molecule has 0 fully saturated rings. The minimum Gasteiger partial charge on any atom is -0.464 e. The summed E-state index contributed by atoms with van der Waals surface area (Å²) in [6, 6.07) is 6.94. The molecule has 19 heavy (non-hydrogen) atoms. The summed E-state index contributed by atoms with van der Waals surface area (Å²) in [4.78, 5) is 16.2. The van der Waals surface area contributed by atoms with Crippen molar-refractivity contribution in [1.29, 1.82) is 0 Å². The molecule has 0 radical (unpaired) electrons. The van der Waals surface area contributed by atoms with Crippen LogP contribution in [0.1, 0.15) is 16.2 Å². The van der Waals surface area contributed by atoms with Gasteiger partial charge in [0, 0.05) is 12.1 Å². The van der Waals surface area contributed by atoms with E-state index in [1.165, 1.54) is 11.6 Å². The summed E-state index contributed by atoms with van der Waals surface area (Å²) in [5.74, 6) is 0.120. The highest BCUT2D eigenvalue weighted by atomic mass is 16.5. The van der Waals surface area contributed by atoms with Gasteiger partial charge in [-0.05, 0) is 19.1 Å². The molecule has 3 aromatic heterocycles. The highest BCUT2D eigenvalue weighted by Crippen LogP contribution is 2.21. The number of ether oxygens (including phenoxy) is 1. The second-order valence-corrected chi connectivity index (χ2v) is 4.05. The Labute approximate surface area is 108 Å². The van der Waals surface area contributed by atoms with E-state index >= 15 is 0 Å². The van der Waals surface area contributed by atoms with E-state index in [0.29, 0.717) is 22.8 Å². The van der Waals surface area contributed by atoms with E-state index in [-0.39, 0.29) is 0 Å². The van der Waals surface area contributed by atoms with Crippen molar-refractivity contribution < 1.29 is 13.9 Å². The van der Waals surface area contributed by atoms with Crippen LogP contribution in [0.2, 0.25) is 0 Å². The molecule has 0 aliphatic heterocycles. The Morgan fingerprint density at radius 2 is 2.26 bits per heavy atom. The molecular weight excluding hydrogens is 246 g/mol. The molecular formula is C13H11N3O3. The van der Waals surface area contributed by atoms with E-state index in [1.807, 2.05) is 6.92 Å². The third kappa shape index (κ3) is 1.87. The molecule has 0 saturated heterocycles. The first-order chi connectivity index (χ1) is 9.19. The van der Waals surface area contributed by atoms with Crippen molar-refractivity contribution in [1.82, 2.24) is 14.6 Å². The summed E-state index contributed by atoms with van der Waals surface area (Å²) in [5, 5.41) is 4.23. The van der Waals surface area contributed by atoms with Gasteiger partial charge < -0.3 is 9.15 Å². The van der Waals surface area contributed by atoms with E-state index in [0.717, 1.165) is 5.69 Å². The van der Waals surface area contributed by atoms with Crippen LogP contribution in [0, 0.1) is 6.92 Å². The van der Waals surface area contributed by atoms with Gasteiger partial charge in [0.15, 0.2) is 17.1 Å². The molecule has 0 saturated carbocycles. The van der Waals surface area contributed by atoms with Gasteiger partial charge in [0.1, 0.15) is 5.69 Å². The third-order valence-electron chi connectivity index (χ3n) is 2.72. The van der Waals surface area contributed by atoms with Gasteiger partial charge in [-0.2, -0.15) is 5.10 Å². The van der Waals surface area contributed by atoms with Crippen LogP contribution >= 0.6 is 0 Å². The van der Waals surface area contributed by atoms with Gasteiger partial charge in [-0.1, -0.05) is 0 Å². The molecule has 0 N–H and O–H groups in total. The lowest BCUT2D eigenvalue weighted by Crippen LogP contribution is -2.10. The number of fused-ring (bicyclic) bond motifs is 1. The number of nitrogens with zero attached hydrogens (tertiary/aromatic N) is 3. The summed E-state index contributed by atoms with van der Waals surface area (Å²) in [5.41, 5.74) is 2.23. The fourth-order valence-corrected chi connectivity index (χ4v) is 1.89. The zero-order valence-corrected chi connectivity index (χ0v) is 10.5. The average Bonchev–Trinajstić information content (AvgIpc) is 3.03. The summed E-state index contributed by atoms with van der Waals surface area (Å²) in [7, 11) is 1.33. The minimum atomic E-state index is -0.469. The zero-order chi connectivity index (χ0) is 13.4. The van der Waals surface area contributed by atoms with Crippen molar-refractivity contribution in [2.24, 2.45) is 0 Å². The van der Waals surface area contributed by atoms with E-state index in [9.17, 15) is 4.79 Å². The fraction of sp³-hybridized carbons (Fsp3) is 0.154. The molecule has 0 aliphatic carbocycles. The van der Waals surface area contributed by atoms with Crippen LogP contribution in [0.25, 0.3) is 17.1 Å². The van der Waals surface area contributed by atoms with E-state index in [4.69, 9.17) is 9.15 Å². The maximum atomic E-state index is 11.8. The molecule has 0 unspecified atom stereocenters. The molecule has 0 spiro atoms. The first-order valence-electron chi connectivity index (χ1n) is 5.68. The number of aromatic nitrogens is 3. The quantitative estimate of drug-likeness (QED) is 0.657. The predicted octanol–water partition coefficient (Wildman–Crippen LogP) is 2.08. The van der Waals surface area contributed by atoms with Crippen LogP contribution in [0.4, 0.5) is 0 Å². The number of carbonyl (C=O) groups excluding carboxylic acids is 1. The lowest BCUT2D eigenvalue weighted by Gasteiger charge is -2.04. The van der Waals surface area contributed by atoms with Gasteiger partial charge in [-0.25, -0.2) is 14.3 Å². The number of aryl methyl sites for hydroxylation is 1. The standard InChI is InChI=1S/C13H11N3O3/c1-8-6-12-14-9(11-4-3-5-19-11)7-10(13(17)18-2)16(12)15-8/h3-7H,1-2H3. The monoisotopic (exact) mass is 257 g/mol. The van der Waals surface area contributed by atoms with Crippen molar-refractivity contribution in [3.8, 4) is 11.5 Å². The van der Waals surface area contributed by atoms with Gasteiger partial charge in [-0.15, -0.1) is 0 Å². The van der Waals surface area contributed by atoms with Gasteiger partial charge in [0.25, 0.3) is 0 Å². The van der Waals surface area contributed by atoms with Crippen molar-refractivity contribution in [3.63, 3.8) is 0 Å². The number of methoxy groups -OCH3 is 1. The first-order valence-corrected chi connectivity index (χ1v) is 5.68. The molecule has 0 amide bonds. The Hall–Kier alpha value is -2.63. The first kappa shape index (κ1) is 11.5. The molecule has 6 nitrogen and oxygen atoms in total. The lowest BCUT2D eigenvalue weighted by atomic mass is 10.2. The molecule has 0 atom stereocenters. The summed E-state index contributed by atoms with van der Waals surface area (Å²) < 4.78 is 11.5. The van der Waals surface area contributed by atoms with Gasteiger partial charge in [0.2, 0.25) is 0 Å². The van der Waals surface area contributed by atoms with Crippen LogP contribution in [0.15, 0.2) is 34.9 Å². The highest BCUT2D eigenvalue weighted by molar-refractivity contribution is 5.89. The minimum absolute atomic E-state index is 0.312. The number of carbonyl (C=O) groups is 1. The van der Waals surface area contributed by atoms with Crippen LogP contribution in [0.3, 0.4) is 0 Å². The van der Waals surface area contributed by atoms with Gasteiger partial charge in [0.05, 0.1) is 19.1 Å². The number of rotatable bonds is 2. The fourth-order valence-electron chi connectivity index (χ4n) is 1.89. The molecule has 0 bridgehead atoms. The van der Waals surface area contributed by atoms with Crippen molar-refractivity contribution >= 4 is 11.6 Å². The maximum absolute atomic E-state index is 11.8. The maximum Gasteiger partial charge on any atom is 0.356 e. The predicted molar refractivity (Wildman–Crippen MR) is 66.8 cm³/mol. The Bertz CT molecular complexity index is 744. The summed E-state index contributed by atoms with van der Waals surface area (Å²) in [6.07, 6.45) is 1.56. The van der Waals surface area contributed by atoms with Crippen molar-refractivity contribution in [2.45, 2.75) is 6.92 Å². The second-order valence-electron chi connectivity index (χ2n) is 4.05. The van der Waals surface area contributed by atoms with Gasteiger partial charge in [-0.3, -0.25) is 0 Å². The van der Waals surface area contributed by atoms with E-state index < -0.39 is 5.97 Å². The molecule has 3 rings (SSSR count). The molecule has 3 aromatic rings. The Morgan fingerprint density at radius 1 is 1.42 bits per heavy atom. The Morgan fingerprint density at radius 3 is 2.95 bits per heavy atom. The Balaban J connectivity index is 2.29. The highest BCUT2D eigenvalue weighted by Gasteiger charge is 2.16. The SMILES string of the molecule is COC(=O)c1cc(-c2ccco2)nc2cc(C)nn12. The largest absolute Gasteiger partial charge is 0.464 e. The van der Waals surface area contributed by atoms with Crippen molar-refractivity contribution in [2.75, 3.05) is 7.11 Å². The van der Waals surface area contributed by atoms with Crippen LogP contribution in [-0.2, 0) is 4.74 Å². The molecule has 6 heteroatoms. The average molecular weight is 257 g/mol. The molecule has 3 heterocycles. The van der Waals surface area contributed by atoms with Crippen LogP contribution in [0.5, 0.6) is 0 Å². The number of hydrogen-bond acceptors (Lipinski definition) is 5. The normalized spacial score (nSPS) is 10.8. The topological polar surface area (TPSA) is 69.6 Å². The zero-order valence-electron chi connectivity index (χ0n) is 10.5. The Kier molecular flexibility index (Phi) is 2.56. The third-order valence-corrected chi connectivity index (χ3v) is 2.72. The summed E-state index contributed by atoms with van der Waals surface area (Å²) in [6.45, 7) is 1.84. The number of esters is 1. The van der Waals surface area contributed by atoms with Crippen LogP contribution < -0.4 is 0 Å². The van der Waals surface area contributed by atoms with Crippen LogP contribution in [-0.4, -0.2) is 27.7 Å². The number of hydrogen-bond donors (Lipinski definition) is 0. The van der Waals surface area contributed by atoms with Gasteiger partial charge >= 0.3 is 5.97 Å². The molecule has 96 valence electrons. The molecule has 0 aromatic carbocycles. The second kappa shape index (κ2) is 4.24. The lowest BCUT2D eigenvalue weighted by molar-refractivity contribution is 0.0590. The summed E-state index contributed by atoms with van der Waals surface area (Å²) >= 11 is 0. The smallest absolute Gasteiger partial charge is 0.356 e. The van der Waals surface area contributed by atoms with E-state index in [1.54, 1.807) is 30.5 Å². The molecule has 0 aliphatic rings.